The molecule has 1 fully saturated rings. The third-order valence-electron chi connectivity index (χ3n) is 7.29. The third-order valence-corrected chi connectivity index (χ3v) is 7.29. The zero-order valence-electron chi connectivity index (χ0n) is 21.2. The van der Waals surface area contributed by atoms with E-state index in [1.807, 2.05) is 37.4 Å². The summed E-state index contributed by atoms with van der Waals surface area (Å²) in [6, 6.07) is 7.66. The van der Waals surface area contributed by atoms with E-state index in [1.54, 1.807) is 13.2 Å². The molecule has 1 saturated heterocycles. The van der Waals surface area contributed by atoms with Gasteiger partial charge >= 0.3 is 0 Å². The number of ketones is 1. The molecular weight excluding hydrogens is 440 g/mol. The summed E-state index contributed by atoms with van der Waals surface area (Å²) in [7, 11) is 1.65. The Morgan fingerprint density at radius 1 is 1.20 bits per heavy atom. The number of aryl methyl sites for hydroxylation is 2. The van der Waals surface area contributed by atoms with Gasteiger partial charge in [-0.3, -0.25) is 9.69 Å². The van der Waals surface area contributed by atoms with Gasteiger partial charge in [-0.25, -0.2) is 0 Å². The van der Waals surface area contributed by atoms with Gasteiger partial charge in [-0.1, -0.05) is 13.8 Å². The number of piperidine rings is 1. The smallest absolute Gasteiger partial charge is 0.232 e. The predicted molar refractivity (Wildman–Crippen MR) is 138 cm³/mol. The number of hydrogen-bond acceptors (Lipinski definition) is 5. The van der Waals surface area contributed by atoms with Crippen LogP contribution in [0.3, 0.4) is 0 Å². The van der Waals surface area contributed by atoms with E-state index >= 15 is 0 Å². The minimum absolute atomic E-state index is 0.139. The van der Waals surface area contributed by atoms with Crippen LogP contribution < -0.4 is 9.47 Å². The summed E-state index contributed by atoms with van der Waals surface area (Å²) < 4.78 is 13.8. The number of methoxy groups -OCH3 is 1. The molecule has 0 amide bonds. The van der Waals surface area contributed by atoms with E-state index in [4.69, 9.17) is 9.47 Å². The van der Waals surface area contributed by atoms with Gasteiger partial charge in [0.25, 0.3) is 0 Å². The number of Topliss-reactive ketones (excluding diaryl/α,β-unsaturated/α-hetero) is 1. The Morgan fingerprint density at radius 3 is 2.63 bits per heavy atom. The highest BCUT2D eigenvalue weighted by molar-refractivity contribution is 6.16. The molecule has 5 rings (SSSR count). The van der Waals surface area contributed by atoms with E-state index in [0.29, 0.717) is 35.3 Å². The van der Waals surface area contributed by atoms with Gasteiger partial charge in [0, 0.05) is 48.8 Å². The molecule has 1 N–H and O–H groups in total. The van der Waals surface area contributed by atoms with Crippen molar-refractivity contribution in [3.8, 4) is 17.2 Å². The zero-order valence-corrected chi connectivity index (χ0v) is 21.2. The first-order chi connectivity index (χ1) is 16.8. The summed E-state index contributed by atoms with van der Waals surface area (Å²) in [5, 5.41) is 11.9. The van der Waals surface area contributed by atoms with Gasteiger partial charge in [-0.15, -0.1) is 0 Å². The van der Waals surface area contributed by atoms with E-state index in [0.717, 1.165) is 47.4 Å². The van der Waals surface area contributed by atoms with E-state index in [1.165, 1.54) is 6.42 Å². The number of aromatic hydroxyl groups is 1. The molecule has 0 spiro atoms. The van der Waals surface area contributed by atoms with Gasteiger partial charge in [-0.2, -0.15) is 0 Å². The molecule has 2 aliphatic heterocycles. The standard InChI is InChI=1S/C29H34N2O4/c1-6-31-15-20(22-12-21(34-5)7-8-24(22)31)11-26-28(33)27-19(4)10-25(32)23(29(27)35-26)16-30-13-17(2)9-18(3)14-30/h7-8,10-12,15,17-18,32H,6,9,13-14,16H2,1-5H3/b26-11+. The maximum absolute atomic E-state index is 13.5. The van der Waals surface area contributed by atoms with Crippen molar-refractivity contribution in [1.29, 1.82) is 0 Å². The van der Waals surface area contributed by atoms with Gasteiger partial charge in [-0.05, 0) is 68.0 Å². The number of hydrogen-bond donors (Lipinski definition) is 1. The van der Waals surface area contributed by atoms with Gasteiger partial charge in [0.05, 0.1) is 18.2 Å². The number of benzene rings is 2. The molecule has 2 aliphatic rings. The van der Waals surface area contributed by atoms with Gasteiger partial charge in [0.2, 0.25) is 5.78 Å². The first-order valence-corrected chi connectivity index (χ1v) is 12.5. The van der Waals surface area contributed by atoms with Crippen molar-refractivity contribution < 1.29 is 19.4 Å². The van der Waals surface area contributed by atoms with Gasteiger partial charge < -0.3 is 19.1 Å². The number of fused-ring (bicyclic) bond motifs is 2. The van der Waals surface area contributed by atoms with Crippen molar-refractivity contribution in [2.24, 2.45) is 11.8 Å². The summed E-state index contributed by atoms with van der Waals surface area (Å²) in [6.07, 6.45) is 5.08. The molecule has 6 heteroatoms. The van der Waals surface area contributed by atoms with Crippen molar-refractivity contribution in [2.75, 3.05) is 20.2 Å². The number of aromatic nitrogens is 1. The van der Waals surface area contributed by atoms with E-state index in [2.05, 4.69) is 30.2 Å². The van der Waals surface area contributed by atoms with Gasteiger partial charge in [0.15, 0.2) is 5.76 Å². The quantitative estimate of drug-likeness (QED) is 0.475. The fraction of sp³-hybridized carbons (Fsp3) is 0.414. The summed E-state index contributed by atoms with van der Waals surface area (Å²) in [5.41, 5.74) is 3.96. The number of phenols is 1. The SMILES string of the molecule is CCn1cc(/C=C2/Oc3c(CN4CC(C)CC(C)C4)c(O)cc(C)c3C2=O)c2cc(OC)ccc21. The number of phenolic OH excluding ortho intramolecular Hbond substituents is 1. The first kappa shape index (κ1) is 23.5. The second kappa shape index (κ2) is 9.08. The van der Waals surface area contributed by atoms with Crippen molar-refractivity contribution in [1.82, 2.24) is 9.47 Å². The zero-order chi connectivity index (χ0) is 24.9. The van der Waals surface area contributed by atoms with Crippen LogP contribution >= 0.6 is 0 Å². The molecule has 35 heavy (non-hydrogen) atoms. The fourth-order valence-corrected chi connectivity index (χ4v) is 5.83. The Kier molecular flexibility index (Phi) is 6.09. The molecule has 2 aromatic carbocycles. The number of ether oxygens (including phenoxy) is 2. The molecule has 6 nitrogen and oxygen atoms in total. The van der Waals surface area contributed by atoms with E-state index in [-0.39, 0.29) is 17.3 Å². The molecule has 0 bridgehead atoms. The number of likely N-dealkylation sites (tertiary alicyclic amines) is 1. The lowest BCUT2D eigenvalue weighted by molar-refractivity contribution is 0.101. The number of rotatable bonds is 5. The van der Waals surface area contributed by atoms with Crippen LogP contribution in [0.1, 0.15) is 54.2 Å². The highest BCUT2D eigenvalue weighted by Gasteiger charge is 2.34. The molecule has 3 aromatic rings. The average Bonchev–Trinajstić information content (AvgIpc) is 3.33. The lowest BCUT2D eigenvalue weighted by Gasteiger charge is -2.35. The highest BCUT2D eigenvalue weighted by Crippen LogP contribution is 2.43. The molecule has 3 heterocycles. The molecule has 2 unspecified atom stereocenters. The van der Waals surface area contributed by atoms with Crippen molar-refractivity contribution in [2.45, 2.75) is 47.2 Å². The molecule has 0 radical (unpaired) electrons. The minimum Gasteiger partial charge on any atom is -0.507 e. The fourth-order valence-electron chi connectivity index (χ4n) is 5.83. The first-order valence-electron chi connectivity index (χ1n) is 12.5. The van der Waals surface area contributed by atoms with E-state index in [9.17, 15) is 9.90 Å². The lowest BCUT2D eigenvalue weighted by atomic mass is 9.91. The van der Waals surface area contributed by atoms with Crippen LogP contribution in [0.15, 0.2) is 36.2 Å². The van der Waals surface area contributed by atoms with Crippen LogP contribution in [0.5, 0.6) is 17.2 Å². The van der Waals surface area contributed by atoms with Crippen LogP contribution in [0.25, 0.3) is 17.0 Å². The predicted octanol–water partition coefficient (Wildman–Crippen LogP) is 5.78. The highest BCUT2D eigenvalue weighted by atomic mass is 16.5. The molecule has 0 saturated carbocycles. The Balaban J connectivity index is 1.54. The Labute approximate surface area is 206 Å². The summed E-state index contributed by atoms with van der Waals surface area (Å²) in [6.45, 7) is 11.8. The number of nitrogens with zero attached hydrogens (tertiary/aromatic N) is 2. The number of carbonyl (C=O) groups excluding carboxylic acids is 1. The van der Waals surface area contributed by atoms with Crippen LogP contribution in [-0.2, 0) is 13.1 Å². The maximum Gasteiger partial charge on any atom is 0.232 e. The monoisotopic (exact) mass is 474 g/mol. The summed E-state index contributed by atoms with van der Waals surface area (Å²) >= 11 is 0. The Bertz CT molecular complexity index is 1330. The number of allylic oxidation sites excluding steroid dienone is 1. The van der Waals surface area contributed by atoms with Gasteiger partial charge in [0.1, 0.15) is 17.2 Å². The molecule has 0 aliphatic carbocycles. The molecule has 2 atom stereocenters. The maximum atomic E-state index is 13.5. The number of carbonyl (C=O) groups is 1. The normalized spacial score (nSPS) is 21.5. The lowest BCUT2D eigenvalue weighted by Crippen LogP contribution is -2.38. The van der Waals surface area contributed by atoms with Crippen molar-refractivity contribution >= 4 is 22.8 Å². The van der Waals surface area contributed by atoms with Crippen LogP contribution in [0.2, 0.25) is 0 Å². The molecule has 1 aromatic heterocycles. The van der Waals surface area contributed by atoms with Crippen molar-refractivity contribution in [3.05, 3.63) is 58.5 Å². The largest absolute Gasteiger partial charge is 0.507 e. The van der Waals surface area contributed by atoms with E-state index < -0.39 is 0 Å². The molecular formula is C29H34N2O4. The second-order valence-electron chi connectivity index (χ2n) is 10.2. The Morgan fingerprint density at radius 2 is 1.94 bits per heavy atom. The van der Waals surface area contributed by atoms with Crippen molar-refractivity contribution in [3.63, 3.8) is 0 Å². The molecule has 184 valence electrons. The average molecular weight is 475 g/mol. The van der Waals surface area contributed by atoms with Crippen LogP contribution in [0.4, 0.5) is 0 Å². The summed E-state index contributed by atoms with van der Waals surface area (Å²) in [4.78, 5) is 15.9. The summed E-state index contributed by atoms with van der Waals surface area (Å²) in [5.74, 6) is 2.80. The third kappa shape index (κ3) is 4.20. The van der Waals surface area contributed by atoms with Crippen LogP contribution in [0, 0.1) is 18.8 Å². The second-order valence-corrected chi connectivity index (χ2v) is 10.2. The topological polar surface area (TPSA) is 63.9 Å². The minimum atomic E-state index is -0.139. The van der Waals surface area contributed by atoms with Crippen LogP contribution in [-0.4, -0.2) is 40.6 Å². The Hall–Kier alpha value is -3.25.